The smallest absolute Gasteiger partial charge is 0.213 e. The van der Waals surface area contributed by atoms with Crippen molar-refractivity contribution in [3.05, 3.63) is 53.7 Å². The van der Waals surface area contributed by atoms with Gasteiger partial charge in [-0.05, 0) is 5.56 Å². The number of nitrogens with zero attached hydrogens (tertiary/aromatic N) is 4. The minimum Gasteiger partial charge on any atom is -0.443 e. The molecular weight excluding hydrogens is 378 g/mol. The molecule has 0 bridgehead atoms. The van der Waals surface area contributed by atoms with Gasteiger partial charge in [-0.2, -0.15) is 0 Å². The number of hydrogen-bond acceptors (Lipinski definition) is 5. The summed E-state index contributed by atoms with van der Waals surface area (Å²) in [4.78, 5) is 13.7. The van der Waals surface area contributed by atoms with E-state index in [2.05, 4.69) is 76.2 Å². The SMILES string of the molecule is CN=C(NCc1ncc(C(C)(C)C)o1)N1CC2OCCN(Cc3ccccc3)C2C1. The molecule has 0 saturated carbocycles. The van der Waals surface area contributed by atoms with Crippen LogP contribution in [0.4, 0.5) is 0 Å². The molecular formula is C23H33N5O2. The van der Waals surface area contributed by atoms with Crippen molar-refractivity contribution in [1.82, 2.24) is 20.1 Å². The second-order valence-corrected chi connectivity index (χ2v) is 9.11. The van der Waals surface area contributed by atoms with Crippen LogP contribution in [0.3, 0.4) is 0 Å². The number of aliphatic imine (C=N–C) groups is 1. The summed E-state index contributed by atoms with van der Waals surface area (Å²) >= 11 is 0. The molecule has 1 aromatic carbocycles. The van der Waals surface area contributed by atoms with Gasteiger partial charge in [-0.3, -0.25) is 9.89 Å². The molecule has 0 spiro atoms. The first-order chi connectivity index (χ1) is 14.4. The Labute approximate surface area is 179 Å². The number of likely N-dealkylation sites (tertiary alicyclic amines) is 1. The lowest BCUT2D eigenvalue weighted by atomic mass is 9.94. The van der Waals surface area contributed by atoms with E-state index in [4.69, 9.17) is 9.15 Å². The summed E-state index contributed by atoms with van der Waals surface area (Å²) in [6.07, 6.45) is 2.02. The summed E-state index contributed by atoms with van der Waals surface area (Å²) in [7, 11) is 1.82. The van der Waals surface area contributed by atoms with Crippen LogP contribution in [0.15, 0.2) is 45.9 Å². The topological polar surface area (TPSA) is 66.1 Å². The fourth-order valence-corrected chi connectivity index (χ4v) is 4.17. The molecule has 2 unspecified atom stereocenters. The normalized spacial score (nSPS) is 22.9. The van der Waals surface area contributed by atoms with Gasteiger partial charge in [0.05, 0.1) is 31.5 Å². The number of guanidine groups is 1. The molecule has 2 aromatic rings. The van der Waals surface area contributed by atoms with Crippen LogP contribution in [-0.2, 0) is 23.2 Å². The zero-order valence-electron chi connectivity index (χ0n) is 18.5. The van der Waals surface area contributed by atoms with Gasteiger partial charge in [0.15, 0.2) is 5.96 Å². The van der Waals surface area contributed by atoms with Crippen LogP contribution >= 0.6 is 0 Å². The monoisotopic (exact) mass is 411 g/mol. The van der Waals surface area contributed by atoms with Crippen LogP contribution in [0.25, 0.3) is 0 Å². The van der Waals surface area contributed by atoms with Gasteiger partial charge in [0.25, 0.3) is 0 Å². The predicted octanol–water partition coefficient (Wildman–Crippen LogP) is 2.63. The molecule has 0 aliphatic carbocycles. The lowest BCUT2D eigenvalue weighted by Gasteiger charge is -2.36. The molecule has 0 radical (unpaired) electrons. The molecule has 2 aliphatic rings. The molecule has 2 fully saturated rings. The van der Waals surface area contributed by atoms with E-state index in [9.17, 15) is 0 Å². The molecule has 2 saturated heterocycles. The largest absolute Gasteiger partial charge is 0.443 e. The third kappa shape index (κ3) is 4.68. The molecule has 7 heteroatoms. The molecule has 162 valence electrons. The Morgan fingerprint density at radius 2 is 2.03 bits per heavy atom. The Morgan fingerprint density at radius 3 is 2.73 bits per heavy atom. The van der Waals surface area contributed by atoms with Crippen LogP contribution in [-0.4, -0.2) is 66.2 Å². The zero-order valence-corrected chi connectivity index (χ0v) is 18.5. The minimum absolute atomic E-state index is 0.0445. The van der Waals surface area contributed by atoms with Crippen molar-refractivity contribution in [2.45, 2.75) is 51.4 Å². The van der Waals surface area contributed by atoms with Crippen molar-refractivity contribution in [3.8, 4) is 0 Å². The summed E-state index contributed by atoms with van der Waals surface area (Å²) in [5.74, 6) is 2.44. The number of ether oxygens (including phenoxy) is 1. The Bertz CT molecular complexity index is 858. The van der Waals surface area contributed by atoms with E-state index < -0.39 is 0 Å². The molecule has 7 nitrogen and oxygen atoms in total. The summed E-state index contributed by atoms with van der Waals surface area (Å²) in [5, 5.41) is 3.41. The molecule has 0 amide bonds. The third-order valence-electron chi connectivity index (χ3n) is 5.85. The molecule has 1 N–H and O–H groups in total. The number of rotatable bonds is 4. The zero-order chi connectivity index (χ0) is 21.1. The Hall–Kier alpha value is -2.38. The van der Waals surface area contributed by atoms with Crippen molar-refractivity contribution in [1.29, 1.82) is 0 Å². The Balaban J connectivity index is 1.37. The van der Waals surface area contributed by atoms with E-state index in [0.29, 0.717) is 18.5 Å². The van der Waals surface area contributed by atoms with Crippen molar-refractivity contribution >= 4 is 5.96 Å². The first kappa shape index (κ1) is 20.9. The number of benzene rings is 1. The van der Waals surface area contributed by atoms with Gasteiger partial charge in [0, 0.05) is 38.6 Å². The maximum absolute atomic E-state index is 6.10. The number of morpholine rings is 1. The highest BCUT2D eigenvalue weighted by molar-refractivity contribution is 5.80. The number of hydrogen-bond donors (Lipinski definition) is 1. The van der Waals surface area contributed by atoms with E-state index in [1.165, 1.54) is 5.56 Å². The minimum atomic E-state index is -0.0445. The number of fused-ring (bicyclic) bond motifs is 1. The average Bonchev–Trinajstić information content (AvgIpc) is 3.37. The average molecular weight is 412 g/mol. The maximum Gasteiger partial charge on any atom is 0.213 e. The van der Waals surface area contributed by atoms with E-state index in [0.717, 1.165) is 44.5 Å². The molecule has 2 aliphatic heterocycles. The van der Waals surface area contributed by atoms with Gasteiger partial charge in [-0.1, -0.05) is 51.1 Å². The van der Waals surface area contributed by atoms with Gasteiger partial charge in [0.1, 0.15) is 5.76 Å². The van der Waals surface area contributed by atoms with Gasteiger partial charge in [0.2, 0.25) is 5.89 Å². The van der Waals surface area contributed by atoms with Gasteiger partial charge in [-0.15, -0.1) is 0 Å². The number of aromatic nitrogens is 1. The first-order valence-corrected chi connectivity index (χ1v) is 10.7. The fraction of sp³-hybridized carbons (Fsp3) is 0.565. The molecule has 2 atom stereocenters. The lowest BCUT2D eigenvalue weighted by molar-refractivity contribution is -0.0502. The van der Waals surface area contributed by atoms with Gasteiger partial charge >= 0.3 is 0 Å². The Kier molecular flexibility index (Phi) is 6.11. The van der Waals surface area contributed by atoms with Crippen molar-refractivity contribution in [3.63, 3.8) is 0 Å². The molecule has 4 rings (SSSR count). The summed E-state index contributed by atoms with van der Waals surface area (Å²) < 4.78 is 12.0. The van der Waals surface area contributed by atoms with Crippen molar-refractivity contribution in [2.24, 2.45) is 4.99 Å². The summed E-state index contributed by atoms with van der Waals surface area (Å²) in [6.45, 7) is 11.3. The quantitative estimate of drug-likeness (QED) is 0.616. The van der Waals surface area contributed by atoms with Crippen molar-refractivity contribution < 1.29 is 9.15 Å². The predicted molar refractivity (Wildman–Crippen MR) is 117 cm³/mol. The van der Waals surface area contributed by atoms with Gasteiger partial charge in [-0.25, -0.2) is 4.98 Å². The van der Waals surface area contributed by atoms with Crippen LogP contribution in [0.2, 0.25) is 0 Å². The molecule has 3 heterocycles. The summed E-state index contributed by atoms with van der Waals surface area (Å²) in [6, 6.07) is 11.0. The Morgan fingerprint density at radius 1 is 1.23 bits per heavy atom. The molecule has 1 aromatic heterocycles. The highest BCUT2D eigenvalue weighted by atomic mass is 16.5. The summed E-state index contributed by atoms with van der Waals surface area (Å²) in [5.41, 5.74) is 1.30. The standard InChI is InChI=1S/C23H33N5O2/c1-23(2,3)20-12-25-21(30-20)13-26-22(24-4)28-15-18-19(16-28)29-11-10-27(18)14-17-8-6-5-7-9-17/h5-9,12,18-19H,10-11,13-16H2,1-4H3,(H,24,26). The lowest BCUT2D eigenvalue weighted by Crippen LogP contribution is -2.50. The third-order valence-corrected chi connectivity index (χ3v) is 5.85. The van der Waals surface area contributed by atoms with Gasteiger partial charge < -0.3 is 19.4 Å². The number of oxazole rings is 1. The van der Waals surface area contributed by atoms with E-state index >= 15 is 0 Å². The van der Waals surface area contributed by atoms with Crippen LogP contribution in [0, 0.1) is 0 Å². The highest BCUT2D eigenvalue weighted by Gasteiger charge is 2.41. The fourth-order valence-electron chi connectivity index (χ4n) is 4.17. The van der Waals surface area contributed by atoms with Crippen LogP contribution in [0.5, 0.6) is 0 Å². The molecule has 30 heavy (non-hydrogen) atoms. The first-order valence-electron chi connectivity index (χ1n) is 10.7. The maximum atomic E-state index is 6.10. The van der Waals surface area contributed by atoms with Crippen LogP contribution < -0.4 is 5.32 Å². The highest BCUT2D eigenvalue weighted by Crippen LogP contribution is 2.25. The second-order valence-electron chi connectivity index (χ2n) is 9.11. The van der Waals surface area contributed by atoms with E-state index in [1.807, 2.05) is 13.2 Å². The second kappa shape index (κ2) is 8.78. The van der Waals surface area contributed by atoms with Crippen LogP contribution in [0.1, 0.15) is 38.0 Å². The number of nitrogens with one attached hydrogen (secondary N) is 1. The van der Waals surface area contributed by atoms with E-state index in [-0.39, 0.29) is 11.5 Å². The van der Waals surface area contributed by atoms with E-state index in [1.54, 1.807) is 0 Å². The van der Waals surface area contributed by atoms with Crippen molar-refractivity contribution in [2.75, 3.05) is 33.3 Å².